The molecule has 1 atom stereocenters. The first-order chi connectivity index (χ1) is 7.58. The maximum atomic E-state index is 13.6. The van der Waals surface area contributed by atoms with E-state index in [0.717, 1.165) is 5.56 Å². The summed E-state index contributed by atoms with van der Waals surface area (Å²) in [5.74, 6) is 0.103. The third kappa shape index (κ3) is 3.18. The molecule has 1 aromatic rings. The van der Waals surface area contributed by atoms with Gasteiger partial charge in [-0.3, -0.25) is 0 Å². The van der Waals surface area contributed by atoms with Crippen LogP contribution in [0.1, 0.15) is 18.1 Å². The maximum Gasteiger partial charge on any atom is 0.130 e. The molecule has 90 valence electrons. The van der Waals surface area contributed by atoms with Crippen LogP contribution < -0.4 is 4.74 Å². The summed E-state index contributed by atoms with van der Waals surface area (Å²) in [6.07, 6.45) is -0.287. The highest BCUT2D eigenvalue weighted by atomic mass is 19.1. The minimum absolute atomic E-state index is 0.284. The molecule has 0 aliphatic rings. The van der Waals surface area contributed by atoms with E-state index in [1.165, 1.54) is 13.2 Å². The highest BCUT2D eigenvalue weighted by Gasteiger charge is 2.11. The summed E-state index contributed by atoms with van der Waals surface area (Å²) in [6.45, 7) is 1.98. The number of methoxy groups -OCH3 is 2. The molecule has 0 fully saturated rings. The lowest BCUT2D eigenvalue weighted by Crippen LogP contribution is -2.07. The number of hydrogen-bond acceptors (Lipinski definition) is 3. The molecule has 1 unspecified atom stereocenters. The molecule has 16 heavy (non-hydrogen) atoms. The second-order valence-corrected chi connectivity index (χ2v) is 3.74. The Morgan fingerprint density at radius 1 is 1.31 bits per heavy atom. The Balaban J connectivity index is 3.06. The molecule has 4 heteroatoms. The van der Waals surface area contributed by atoms with E-state index in [-0.39, 0.29) is 12.2 Å². The molecule has 1 rings (SSSR count). The molecule has 1 N–H and O–H groups in total. The van der Waals surface area contributed by atoms with Crippen LogP contribution in [0.15, 0.2) is 12.1 Å². The minimum Gasteiger partial charge on any atom is -0.496 e. The molecule has 0 saturated carbocycles. The van der Waals surface area contributed by atoms with Crippen LogP contribution in [0.4, 0.5) is 4.39 Å². The smallest absolute Gasteiger partial charge is 0.130 e. The van der Waals surface area contributed by atoms with E-state index in [2.05, 4.69) is 0 Å². The molecule has 1 aromatic carbocycles. The van der Waals surface area contributed by atoms with Crippen molar-refractivity contribution in [3.63, 3.8) is 0 Å². The Labute approximate surface area is 94.8 Å². The number of aliphatic hydroxyl groups excluding tert-OH is 1. The van der Waals surface area contributed by atoms with E-state index in [9.17, 15) is 9.50 Å². The van der Waals surface area contributed by atoms with E-state index < -0.39 is 6.10 Å². The Kier molecular flexibility index (Phi) is 4.71. The molecule has 0 spiro atoms. The van der Waals surface area contributed by atoms with Gasteiger partial charge in [0, 0.05) is 25.2 Å². The molecule has 0 heterocycles. The largest absolute Gasteiger partial charge is 0.496 e. The number of rotatable bonds is 5. The van der Waals surface area contributed by atoms with Gasteiger partial charge < -0.3 is 14.6 Å². The number of halogens is 1. The van der Waals surface area contributed by atoms with Gasteiger partial charge in [-0.25, -0.2) is 4.39 Å². The van der Waals surface area contributed by atoms with E-state index in [1.807, 2.05) is 0 Å². The zero-order valence-electron chi connectivity index (χ0n) is 9.79. The van der Waals surface area contributed by atoms with Gasteiger partial charge in [0.15, 0.2) is 0 Å². The molecule has 3 nitrogen and oxygen atoms in total. The summed E-state index contributed by atoms with van der Waals surface area (Å²) in [5, 5.41) is 9.25. The van der Waals surface area contributed by atoms with Gasteiger partial charge in [0.2, 0.25) is 0 Å². The zero-order valence-corrected chi connectivity index (χ0v) is 9.79. The van der Waals surface area contributed by atoms with Gasteiger partial charge in [0.05, 0.1) is 19.8 Å². The maximum absolute atomic E-state index is 13.6. The van der Waals surface area contributed by atoms with Crippen molar-refractivity contribution in [3.05, 3.63) is 29.1 Å². The standard InChI is InChI=1S/C12H17FO3/c1-8(14)4-9-5-10(7-15-2)12(16-3)6-11(9)13/h5-6,8,14H,4,7H2,1-3H3. The van der Waals surface area contributed by atoms with Crippen LogP contribution in [0, 0.1) is 5.82 Å². The van der Waals surface area contributed by atoms with Gasteiger partial charge in [0.1, 0.15) is 11.6 Å². The van der Waals surface area contributed by atoms with Gasteiger partial charge >= 0.3 is 0 Å². The molecule has 0 bridgehead atoms. The summed E-state index contributed by atoms with van der Waals surface area (Å²) < 4.78 is 23.6. The van der Waals surface area contributed by atoms with Crippen molar-refractivity contribution in [3.8, 4) is 5.75 Å². The lowest BCUT2D eigenvalue weighted by molar-refractivity contribution is 0.180. The third-order valence-electron chi connectivity index (χ3n) is 2.26. The number of ether oxygens (including phenoxy) is 2. The van der Waals surface area contributed by atoms with Gasteiger partial charge in [-0.2, -0.15) is 0 Å². The molecule has 0 amide bonds. The lowest BCUT2D eigenvalue weighted by Gasteiger charge is -2.12. The van der Waals surface area contributed by atoms with Crippen molar-refractivity contribution in [2.75, 3.05) is 14.2 Å². The molecule has 0 saturated heterocycles. The van der Waals surface area contributed by atoms with Crippen LogP contribution in [0.5, 0.6) is 5.75 Å². The van der Waals surface area contributed by atoms with Crippen LogP contribution in [-0.2, 0) is 17.8 Å². The van der Waals surface area contributed by atoms with E-state index in [1.54, 1.807) is 20.1 Å². The second kappa shape index (κ2) is 5.82. The molecule has 0 radical (unpaired) electrons. The van der Waals surface area contributed by atoms with Crippen molar-refractivity contribution in [2.45, 2.75) is 26.1 Å². The Hall–Kier alpha value is -1.13. The monoisotopic (exact) mass is 228 g/mol. The minimum atomic E-state index is -0.571. The van der Waals surface area contributed by atoms with E-state index in [4.69, 9.17) is 9.47 Å². The van der Waals surface area contributed by atoms with Crippen molar-refractivity contribution >= 4 is 0 Å². The topological polar surface area (TPSA) is 38.7 Å². The van der Waals surface area contributed by atoms with Crippen molar-refractivity contribution in [1.29, 1.82) is 0 Å². The van der Waals surface area contributed by atoms with Crippen LogP contribution in [0.2, 0.25) is 0 Å². The average molecular weight is 228 g/mol. The molecular weight excluding hydrogens is 211 g/mol. The zero-order chi connectivity index (χ0) is 12.1. The van der Waals surface area contributed by atoms with Crippen molar-refractivity contribution in [2.24, 2.45) is 0 Å². The molecule has 0 aliphatic heterocycles. The van der Waals surface area contributed by atoms with E-state index >= 15 is 0 Å². The molecule has 0 aliphatic carbocycles. The van der Waals surface area contributed by atoms with E-state index in [0.29, 0.717) is 17.9 Å². The Morgan fingerprint density at radius 2 is 2.00 bits per heavy atom. The summed E-state index contributed by atoms with van der Waals surface area (Å²) in [4.78, 5) is 0. The molecular formula is C12H17FO3. The fourth-order valence-corrected chi connectivity index (χ4v) is 1.58. The van der Waals surface area contributed by atoms with Gasteiger partial charge in [-0.05, 0) is 18.6 Å². The highest BCUT2D eigenvalue weighted by Crippen LogP contribution is 2.24. The summed E-state index contributed by atoms with van der Waals surface area (Å²) in [6, 6.07) is 3.00. The van der Waals surface area contributed by atoms with Gasteiger partial charge in [-0.1, -0.05) is 0 Å². The highest BCUT2D eigenvalue weighted by molar-refractivity contribution is 5.38. The SMILES string of the molecule is COCc1cc(CC(C)O)c(F)cc1OC. The third-order valence-corrected chi connectivity index (χ3v) is 2.26. The summed E-state index contributed by atoms with van der Waals surface area (Å²) in [7, 11) is 3.05. The van der Waals surface area contributed by atoms with Crippen molar-refractivity contribution < 1.29 is 19.0 Å². The van der Waals surface area contributed by atoms with Crippen molar-refractivity contribution in [1.82, 2.24) is 0 Å². The first kappa shape index (κ1) is 12.9. The van der Waals surface area contributed by atoms with Crippen LogP contribution in [0.3, 0.4) is 0 Å². The van der Waals surface area contributed by atoms with Gasteiger partial charge in [-0.15, -0.1) is 0 Å². The first-order valence-corrected chi connectivity index (χ1v) is 5.10. The lowest BCUT2D eigenvalue weighted by atomic mass is 10.0. The summed E-state index contributed by atoms with van der Waals surface area (Å²) >= 11 is 0. The Morgan fingerprint density at radius 3 is 2.50 bits per heavy atom. The average Bonchev–Trinajstić information content (AvgIpc) is 2.22. The second-order valence-electron chi connectivity index (χ2n) is 3.74. The fraction of sp³-hybridized carbons (Fsp3) is 0.500. The predicted octanol–water partition coefficient (Wildman–Crippen LogP) is 1.90. The molecule has 0 aromatic heterocycles. The fourth-order valence-electron chi connectivity index (χ4n) is 1.58. The normalized spacial score (nSPS) is 12.6. The van der Waals surface area contributed by atoms with Crippen LogP contribution >= 0.6 is 0 Å². The predicted molar refractivity (Wildman–Crippen MR) is 59.0 cm³/mol. The van der Waals surface area contributed by atoms with Gasteiger partial charge in [0.25, 0.3) is 0 Å². The van der Waals surface area contributed by atoms with Crippen LogP contribution in [0.25, 0.3) is 0 Å². The number of hydrogen-bond donors (Lipinski definition) is 1. The quantitative estimate of drug-likeness (QED) is 0.836. The first-order valence-electron chi connectivity index (χ1n) is 5.10. The van der Waals surface area contributed by atoms with Crippen LogP contribution in [-0.4, -0.2) is 25.4 Å². The number of benzene rings is 1. The number of aliphatic hydroxyl groups is 1. The summed E-state index contributed by atoms with van der Waals surface area (Å²) in [5.41, 5.74) is 1.25. The Bertz CT molecular complexity index is 350.